The first kappa shape index (κ1) is 17.5. The van der Waals surface area contributed by atoms with Crippen molar-refractivity contribution in [2.45, 2.75) is 24.3 Å². The second-order valence-electron chi connectivity index (χ2n) is 6.37. The summed E-state index contributed by atoms with van der Waals surface area (Å²) in [6, 6.07) is 9.61. The largest absolute Gasteiger partial charge is 0.493 e. The minimum Gasteiger partial charge on any atom is -0.493 e. The number of rotatable bonds is 4. The van der Waals surface area contributed by atoms with Gasteiger partial charge >= 0.3 is 0 Å². The second-order valence-corrected chi connectivity index (χ2v) is 8.18. The predicted octanol–water partition coefficient (Wildman–Crippen LogP) is 4.34. The highest BCUT2D eigenvalue weighted by Crippen LogP contribution is 2.50. The van der Waals surface area contributed by atoms with Crippen LogP contribution >= 0.6 is 23.4 Å². The summed E-state index contributed by atoms with van der Waals surface area (Å²) in [5.41, 5.74) is 1.92. The summed E-state index contributed by atoms with van der Waals surface area (Å²) in [6.07, 6.45) is 1.81. The molecule has 2 aliphatic heterocycles. The van der Waals surface area contributed by atoms with Crippen LogP contribution in [0.4, 0.5) is 0 Å². The molecule has 3 heterocycles. The van der Waals surface area contributed by atoms with E-state index in [1.807, 2.05) is 36.5 Å². The Kier molecular flexibility index (Phi) is 4.71. The van der Waals surface area contributed by atoms with Gasteiger partial charge in [0.2, 0.25) is 0 Å². The van der Waals surface area contributed by atoms with Gasteiger partial charge in [-0.05, 0) is 23.8 Å². The Hall–Kier alpha value is -1.92. The smallest absolute Gasteiger partial charge is 0.162 e. The molecule has 26 heavy (non-hydrogen) atoms. The monoisotopic (exact) mass is 389 g/mol. The lowest BCUT2D eigenvalue weighted by Crippen LogP contribution is -2.28. The topological polar surface area (TPSA) is 47.0 Å². The Morgan fingerprint density at radius 3 is 2.65 bits per heavy atom. The average Bonchev–Trinajstić information content (AvgIpc) is 3.18. The highest BCUT2D eigenvalue weighted by molar-refractivity contribution is 8.14. The first-order valence-electron chi connectivity index (χ1n) is 8.45. The molecule has 1 fully saturated rings. The van der Waals surface area contributed by atoms with Crippen LogP contribution in [-0.2, 0) is 0 Å². The van der Waals surface area contributed by atoms with Crippen molar-refractivity contribution in [3.05, 3.63) is 52.8 Å². The number of aromatic nitrogens is 1. The Labute approximate surface area is 162 Å². The third-order valence-corrected chi connectivity index (χ3v) is 6.13. The maximum absolute atomic E-state index is 6.66. The van der Waals surface area contributed by atoms with Crippen LogP contribution in [0, 0.1) is 0 Å². The molecule has 0 radical (unpaired) electrons. The van der Waals surface area contributed by atoms with Gasteiger partial charge in [-0.25, -0.2) is 0 Å². The number of fused-ring (bicyclic) bond motifs is 1. The lowest BCUT2D eigenvalue weighted by Gasteiger charge is -2.28. The van der Waals surface area contributed by atoms with E-state index in [-0.39, 0.29) is 12.1 Å². The van der Waals surface area contributed by atoms with E-state index < -0.39 is 0 Å². The lowest BCUT2D eigenvalue weighted by molar-refractivity contribution is 0.317. The summed E-state index contributed by atoms with van der Waals surface area (Å²) in [6.45, 7) is 3.15. The van der Waals surface area contributed by atoms with E-state index in [0.29, 0.717) is 21.8 Å². The minimum absolute atomic E-state index is 0.00958. The molecule has 136 valence electrons. The van der Waals surface area contributed by atoms with Crippen LogP contribution in [0.15, 0.2) is 41.5 Å². The highest BCUT2D eigenvalue weighted by Gasteiger charge is 2.44. The number of halogens is 1. The SMILES string of the molecule is COc1cc(Cl)c([C@@H]2[C@H](c3ccccn3)N=C3S[C@H](C)CN32)cc1OC. The Bertz CT molecular complexity index is 846. The van der Waals surface area contributed by atoms with Crippen molar-refractivity contribution in [3.63, 3.8) is 0 Å². The summed E-state index contributed by atoms with van der Waals surface area (Å²) >= 11 is 8.46. The molecule has 1 aromatic heterocycles. The van der Waals surface area contributed by atoms with Crippen LogP contribution < -0.4 is 9.47 Å². The molecule has 2 aliphatic rings. The van der Waals surface area contributed by atoms with E-state index >= 15 is 0 Å². The summed E-state index contributed by atoms with van der Waals surface area (Å²) in [5.74, 6) is 1.29. The van der Waals surface area contributed by atoms with Gasteiger partial charge in [0.05, 0.1) is 26.0 Å². The Balaban J connectivity index is 1.82. The normalized spacial score (nSPS) is 24.4. The predicted molar refractivity (Wildman–Crippen MR) is 105 cm³/mol. The Morgan fingerprint density at radius 1 is 1.19 bits per heavy atom. The first-order valence-corrected chi connectivity index (χ1v) is 9.71. The molecule has 0 unspecified atom stereocenters. The van der Waals surface area contributed by atoms with Gasteiger partial charge in [-0.3, -0.25) is 9.98 Å². The van der Waals surface area contributed by atoms with Gasteiger partial charge in [-0.15, -0.1) is 0 Å². The van der Waals surface area contributed by atoms with Crippen molar-refractivity contribution in [1.82, 2.24) is 9.88 Å². The lowest BCUT2D eigenvalue weighted by atomic mass is 9.96. The molecule has 0 N–H and O–H groups in total. The molecule has 0 bridgehead atoms. The quantitative estimate of drug-likeness (QED) is 0.778. The Morgan fingerprint density at radius 2 is 1.96 bits per heavy atom. The number of hydrogen-bond acceptors (Lipinski definition) is 6. The van der Waals surface area contributed by atoms with Gasteiger partial charge in [0.25, 0.3) is 0 Å². The molecule has 0 aliphatic carbocycles. The van der Waals surface area contributed by atoms with Crippen molar-refractivity contribution in [2.24, 2.45) is 4.99 Å². The second kappa shape index (κ2) is 7.00. The summed E-state index contributed by atoms with van der Waals surface area (Å²) in [5, 5.41) is 2.21. The van der Waals surface area contributed by atoms with Crippen molar-refractivity contribution >= 4 is 28.5 Å². The first-order chi connectivity index (χ1) is 12.6. The van der Waals surface area contributed by atoms with E-state index in [9.17, 15) is 0 Å². The minimum atomic E-state index is -0.0956. The maximum Gasteiger partial charge on any atom is 0.162 e. The number of benzene rings is 1. The molecule has 1 saturated heterocycles. The number of nitrogens with zero attached hydrogens (tertiary/aromatic N) is 3. The fourth-order valence-corrected chi connectivity index (χ4v) is 4.91. The van der Waals surface area contributed by atoms with Crippen molar-refractivity contribution in [1.29, 1.82) is 0 Å². The number of aliphatic imine (C=N–C) groups is 1. The molecule has 0 spiro atoms. The van der Waals surface area contributed by atoms with E-state index in [1.54, 1.807) is 26.0 Å². The van der Waals surface area contributed by atoms with Gasteiger partial charge in [0.1, 0.15) is 6.04 Å². The van der Waals surface area contributed by atoms with Crippen molar-refractivity contribution in [2.75, 3.05) is 20.8 Å². The van der Waals surface area contributed by atoms with Crippen LogP contribution in [0.5, 0.6) is 11.5 Å². The van der Waals surface area contributed by atoms with Crippen LogP contribution in [0.2, 0.25) is 5.02 Å². The van der Waals surface area contributed by atoms with Crippen LogP contribution in [0.3, 0.4) is 0 Å². The van der Waals surface area contributed by atoms with Crippen LogP contribution in [0.1, 0.15) is 30.3 Å². The van der Waals surface area contributed by atoms with Crippen LogP contribution in [-0.4, -0.2) is 41.1 Å². The third-order valence-electron chi connectivity index (χ3n) is 4.70. The summed E-state index contributed by atoms with van der Waals surface area (Å²) < 4.78 is 10.9. The molecule has 0 saturated carbocycles. The molecule has 5 nitrogen and oxygen atoms in total. The number of hydrogen-bond donors (Lipinski definition) is 0. The number of pyridine rings is 1. The zero-order chi connectivity index (χ0) is 18.3. The zero-order valence-electron chi connectivity index (χ0n) is 14.8. The van der Waals surface area contributed by atoms with Gasteiger partial charge in [-0.1, -0.05) is 36.4 Å². The zero-order valence-corrected chi connectivity index (χ0v) is 16.4. The molecule has 7 heteroatoms. The fraction of sp³-hybridized carbons (Fsp3) is 0.368. The average molecular weight is 390 g/mol. The van der Waals surface area contributed by atoms with Gasteiger partial charge in [0.15, 0.2) is 16.7 Å². The fourth-order valence-electron chi connectivity index (χ4n) is 3.55. The summed E-state index contributed by atoms with van der Waals surface area (Å²) in [4.78, 5) is 11.9. The van der Waals surface area contributed by atoms with E-state index in [1.165, 1.54) is 0 Å². The van der Waals surface area contributed by atoms with E-state index in [4.69, 9.17) is 26.1 Å². The van der Waals surface area contributed by atoms with Crippen molar-refractivity contribution < 1.29 is 9.47 Å². The third kappa shape index (κ3) is 2.91. The summed E-state index contributed by atoms with van der Waals surface area (Å²) in [7, 11) is 3.25. The molecule has 1 aromatic carbocycles. The number of methoxy groups -OCH3 is 2. The number of amidine groups is 1. The van der Waals surface area contributed by atoms with Crippen LogP contribution in [0.25, 0.3) is 0 Å². The van der Waals surface area contributed by atoms with Gasteiger partial charge in [-0.2, -0.15) is 0 Å². The maximum atomic E-state index is 6.66. The molecule has 0 amide bonds. The molecular formula is C19H20ClN3O2S. The molecule has 2 aromatic rings. The number of thioether (sulfide) groups is 1. The molecule has 4 rings (SSSR count). The van der Waals surface area contributed by atoms with E-state index in [0.717, 1.165) is 23.0 Å². The van der Waals surface area contributed by atoms with Gasteiger partial charge in [0, 0.05) is 29.1 Å². The molecule has 3 atom stereocenters. The standard InChI is InChI=1S/C19H20ClN3O2S/c1-11-10-23-18(12-8-15(24-2)16(25-3)9-13(12)20)17(22-19(23)26-11)14-6-4-5-7-21-14/h4-9,11,17-18H,10H2,1-3H3/t11-,17+,18-/m1/s1. The van der Waals surface area contributed by atoms with Gasteiger partial charge < -0.3 is 14.4 Å². The van der Waals surface area contributed by atoms with Crippen molar-refractivity contribution in [3.8, 4) is 11.5 Å². The van der Waals surface area contributed by atoms with E-state index in [2.05, 4.69) is 16.8 Å². The number of ether oxygens (including phenoxy) is 2. The highest BCUT2D eigenvalue weighted by atomic mass is 35.5. The molecular weight excluding hydrogens is 370 g/mol.